The van der Waals surface area contributed by atoms with Crippen molar-refractivity contribution in [2.75, 3.05) is 13.1 Å². The van der Waals surface area contributed by atoms with E-state index in [1.165, 1.54) is 0 Å². The van der Waals surface area contributed by atoms with Crippen LogP contribution in [0.15, 0.2) is 30.3 Å². The van der Waals surface area contributed by atoms with Crippen molar-refractivity contribution in [3.63, 3.8) is 0 Å². The molecule has 3 N–H and O–H groups in total. The Balaban J connectivity index is 2.68. The van der Waals surface area contributed by atoms with Crippen molar-refractivity contribution in [3.8, 4) is 0 Å². The first-order valence-corrected chi connectivity index (χ1v) is 7.22. The number of nitrogens with two attached hydrogens (primary N) is 1. The van der Waals surface area contributed by atoms with Gasteiger partial charge in [0.1, 0.15) is 6.10 Å². The summed E-state index contributed by atoms with van der Waals surface area (Å²) in [6.45, 7) is 5.04. The fraction of sp³-hybridized carbons (Fsp3) is 0.500. The topological polar surface area (TPSA) is 81.4 Å². The van der Waals surface area contributed by atoms with Crippen LogP contribution in [0.2, 0.25) is 0 Å². The van der Waals surface area contributed by atoms with Crippen LogP contribution in [0.1, 0.15) is 31.7 Å². The van der Waals surface area contributed by atoms with E-state index in [9.17, 15) is 9.59 Å². The lowest BCUT2D eigenvalue weighted by Gasteiger charge is -2.24. The van der Waals surface area contributed by atoms with Crippen molar-refractivity contribution < 1.29 is 14.3 Å². The Kier molecular flexibility index (Phi) is 7.46. The van der Waals surface area contributed by atoms with Crippen LogP contribution >= 0.6 is 0 Å². The number of hydrogen-bond donors (Lipinski definition) is 2. The number of benzene rings is 1. The van der Waals surface area contributed by atoms with Gasteiger partial charge in [-0.2, -0.15) is 0 Å². The minimum atomic E-state index is -0.449. The molecule has 2 unspecified atom stereocenters. The van der Waals surface area contributed by atoms with Crippen LogP contribution in [0.3, 0.4) is 0 Å². The maximum Gasteiger partial charge on any atom is 0.293 e. The van der Waals surface area contributed by atoms with Gasteiger partial charge < -0.3 is 15.8 Å². The van der Waals surface area contributed by atoms with Gasteiger partial charge in [-0.1, -0.05) is 44.2 Å². The molecule has 0 fully saturated rings. The number of rotatable bonds is 9. The van der Waals surface area contributed by atoms with E-state index in [0.717, 1.165) is 5.56 Å². The average Bonchev–Trinajstić information content (AvgIpc) is 2.52. The molecule has 0 saturated carbocycles. The molecule has 0 aliphatic heterocycles. The number of nitrogens with one attached hydrogen (secondary N) is 1. The fourth-order valence-electron chi connectivity index (χ4n) is 2.24. The molecule has 1 aromatic carbocycles. The van der Waals surface area contributed by atoms with Crippen molar-refractivity contribution in [1.29, 1.82) is 0 Å². The summed E-state index contributed by atoms with van der Waals surface area (Å²) in [4.78, 5) is 22.7. The lowest BCUT2D eigenvalue weighted by atomic mass is 9.89. The van der Waals surface area contributed by atoms with Crippen LogP contribution in [0.5, 0.6) is 0 Å². The van der Waals surface area contributed by atoms with Gasteiger partial charge in [0.15, 0.2) is 0 Å². The van der Waals surface area contributed by atoms with E-state index < -0.39 is 12.0 Å². The summed E-state index contributed by atoms with van der Waals surface area (Å²) in [5, 5.41) is 2.72. The SMILES string of the molecule is CC(CC(OC=O)[C@@H](C)C(=O)NCCN)c1ccccc1. The highest BCUT2D eigenvalue weighted by Crippen LogP contribution is 2.24. The molecule has 5 nitrogen and oxygen atoms in total. The third kappa shape index (κ3) is 5.55. The molecular weight excluding hydrogens is 268 g/mol. The Morgan fingerprint density at radius 2 is 2.00 bits per heavy atom. The minimum absolute atomic E-state index is 0.146. The van der Waals surface area contributed by atoms with E-state index >= 15 is 0 Å². The van der Waals surface area contributed by atoms with Crippen LogP contribution in [-0.4, -0.2) is 31.6 Å². The summed E-state index contributed by atoms with van der Waals surface area (Å²) >= 11 is 0. The summed E-state index contributed by atoms with van der Waals surface area (Å²) in [5.41, 5.74) is 6.53. The van der Waals surface area contributed by atoms with E-state index in [1.807, 2.05) is 30.3 Å². The molecule has 0 aromatic heterocycles. The second-order valence-corrected chi connectivity index (χ2v) is 5.19. The zero-order valence-corrected chi connectivity index (χ0v) is 12.6. The van der Waals surface area contributed by atoms with Gasteiger partial charge in [0.25, 0.3) is 6.47 Å². The van der Waals surface area contributed by atoms with Crippen molar-refractivity contribution in [2.24, 2.45) is 11.7 Å². The van der Waals surface area contributed by atoms with Crippen LogP contribution in [0.4, 0.5) is 0 Å². The second kappa shape index (κ2) is 9.13. The summed E-state index contributed by atoms with van der Waals surface area (Å²) in [7, 11) is 0. The lowest BCUT2D eigenvalue weighted by Crippen LogP contribution is -2.39. The molecular formula is C16H24N2O3. The largest absolute Gasteiger partial charge is 0.464 e. The van der Waals surface area contributed by atoms with Crippen molar-refractivity contribution in [1.82, 2.24) is 5.32 Å². The van der Waals surface area contributed by atoms with E-state index in [2.05, 4.69) is 12.2 Å². The zero-order valence-electron chi connectivity index (χ0n) is 12.6. The summed E-state index contributed by atoms with van der Waals surface area (Å²) in [5.74, 6) is -0.360. The first kappa shape index (κ1) is 17.2. The third-order valence-corrected chi connectivity index (χ3v) is 3.60. The standard InChI is InChI=1S/C16H24N2O3/c1-12(14-6-4-3-5-7-14)10-15(21-11-19)13(2)16(20)18-9-8-17/h3-7,11-13,15H,8-10,17H2,1-2H3,(H,18,20)/t12?,13-,15?/m1/s1. The van der Waals surface area contributed by atoms with Gasteiger partial charge in [-0.25, -0.2) is 0 Å². The molecule has 0 radical (unpaired) electrons. The molecule has 0 aliphatic carbocycles. The van der Waals surface area contributed by atoms with Crippen LogP contribution in [0, 0.1) is 5.92 Å². The smallest absolute Gasteiger partial charge is 0.293 e. The number of hydrogen-bond acceptors (Lipinski definition) is 4. The lowest BCUT2D eigenvalue weighted by molar-refractivity contribution is -0.141. The van der Waals surface area contributed by atoms with E-state index in [0.29, 0.717) is 26.0 Å². The van der Waals surface area contributed by atoms with E-state index in [-0.39, 0.29) is 11.8 Å². The predicted octanol–water partition coefficient (Wildman–Crippen LogP) is 1.43. The maximum absolute atomic E-state index is 12.0. The molecule has 1 amide bonds. The number of carbonyl (C=O) groups excluding carboxylic acids is 2. The highest BCUT2D eigenvalue weighted by Gasteiger charge is 2.27. The number of carbonyl (C=O) groups is 2. The van der Waals surface area contributed by atoms with Crippen LogP contribution < -0.4 is 11.1 Å². The van der Waals surface area contributed by atoms with Gasteiger partial charge >= 0.3 is 0 Å². The van der Waals surface area contributed by atoms with Crippen molar-refractivity contribution >= 4 is 12.4 Å². The molecule has 116 valence electrons. The Hall–Kier alpha value is -1.88. The minimum Gasteiger partial charge on any atom is -0.464 e. The predicted molar refractivity (Wildman–Crippen MR) is 81.6 cm³/mol. The quantitative estimate of drug-likeness (QED) is 0.675. The van der Waals surface area contributed by atoms with Gasteiger partial charge in [0.2, 0.25) is 5.91 Å². The molecule has 0 saturated heterocycles. The molecule has 3 atom stereocenters. The fourth-order valence-corrected chi connectivity index (χ4v) is 2.24. The molecule has 1 rings (SSSR count). The molecule has 0 heterocycles. The first-order valence-electron chi connectivity index (χ1n) is 7.22. The summed E-state index contributed by atoms with van der Waals surface area (Å²) in [6, 6.07) is 9.96. The Labute approximate surface area is 125 Å². The average molecular weight is 292 g/mol. The van der Waals surface area contributed by atoms with Crippen molar-refractivity contribution in [3.05, 3.63) is 35.9 Å². The zero-order chi connectivity index (χ0) is 15.7. The van der Waals surface area contributed by atoms with Crippen LogP contribution in [-0.2, 0) is 14.3 Å². The maximum atomic E-state index is 12.0. The Morgan fingerprint density at radius 1 is 1.33 bits per heavy atom. The molecule has 0 bridgehead atoms. The van der Waals surface area contributed by atoms with Gasteiger partial charge in [-0.15, -0.1) is 0 Å². The molecule has 21 heavy (non-hydrogen) atoms. The van der Waals surface area contributed by atoms with E-state index in [4.69, 9.17) is 10.5 Å². The Morgan fingerprint density at radius 3 is 2.57 bits per heavy atom. The third-order valence-electron chi connectivity index (χ3n) is 3.60. The van der Waals surface area contributed by atoms with Crippen molar-refractivity contribution in [2.45, 2.75) is 32.3 Å². The highest BCUT2D eigenvalue weighted by molar-refractivity contribution is 5.79. The monoisotopic (exact) mass is 292 g/mol. The summed E-state index contributed by atoms with van der Waals surface area (Å²) in [6.07, 6.45) is 0.149. The second-order valence-electron chi connectivity index (χ2n) is 5.19. The number of amides is 1. The van der Waals surface area contributed by atoms with Gasteiger partial charge in [0.05, 0.1) is 5.92 Å². The normalized spacial score (nSPS) is 14.8. The van der Waals surface area contributed by atoms with Gasteiger partial charge in [0, 0.05) is 13.1 Å². The molecule has 0 aliphatic rings. The van der Waals surface area contributed by atoms with Crippen LogP contribution in [0.25, 0.3) is 0 Å². The van der Waals surface area contributed by atoms with Gasteiger partial charge in [-0.05, 0) is 17.9 Å². The molecule has 0 spiro atoms. The molecule has 1 aromatic rings. The Bertz CT molecular complexity index is 436. The number of ether oxygens (including phenoxy) is 1. The van der Waals surface area contributed by atoms with Gasteiger partial charge in [-0.3, -0.25) is 9.59 Å². The summed E-state index contributed by atoms with van der Waals surface area (Å²) < 4.78 is 5.12. The molecule has 5 heteroatoms. The van der Waals surface area contributed by atoms with E-state index in [1.54, 1.807) is 6.92 Å². The first-order chi connectivity index (χ1) is 10.1. The highest BCUT2D eigenvalue weighted by atomic mass is 16.5.